The first-order valence-corrected chi connectivity index (χ1v) is 7.40. The third kappa shape index (κ3) is 3.74. The summed E-state index contributed by atoms with van der Waals surface area (Å²) < 4.78 is 0. The van der Waals surface area contributed by atoms with Crippen LogP contribution in [0.3, 0.4) is 0 Å². The zero-order valence-electron chi connectivity index (χ0n) is 12.4. The molecule has 0 saturated heterocycles. The molecule has 1 aliphatic rings. The first-order chi connectivity index (χ1) is 10.1. The lowest BCUT2D eigenvalue weighted by atomic mass is 9.96. The summed E-state index contributed by atoms with van der Waals surface area (Å²) in [6, 6.07) is 9.21. The Kier molecular flexibility index (Phi) is 5.20. The van der Waals surface area contributed by atoms with Gasteiger partial charge in [-0.1, -0.05) is 48.3 Å². The summed E-state index contributed by atoms with van der Waals surface area (Å²) >= 11 is 0. The van der Waals surface area contributed by atoms with E-state index < -0.39 is 5.92 Å². The van der Waals surface area contributed by atoms with Crippen molar-refractivity contribution in [2.45, 2.75) is 31.6 Å². The van der Waals surface area contributed by atoms with Crippen LogP contribution in [0.4, 0.5) is 0 Å². The Hall–Kier alpha value is -2.04. The third-order valence-corrected chi connectivity index (χ3v) is 4.17. The van der Waals surface area contributed by atoms with Gasteiger partial charge in [0, 0.05) is 13.6 Å². The van der Waals surface area contributed by atoms with Crippen LogP contribution in [0.5, 0.6) is 0 Å². The van der Waals surface area contributed by atoms with Crippen LogP contribution in [-0.4, -0.2) is 35.4 Å². The molecule has 1 fully saturated rings. The average molecular weight is 289 g/mol. The van der Waals surface area contributed by atoms with Gasteiger partial charge in [-0.3, -0.25) is 4.79 Å². The lowest BCUT2D eigenvalue weighted by Crippen LogP contribution is -2.40. The maximum absolute atomic E-state index is 12.7. The molecule has 3 N–H and O–H groups in total. The van der Waals surface area contributed by atoms with Crippen LogP contribution in [0, 0.1) is 5.92 Å². The Morgan fingerprint density at radius 3 is 2.57 bits per heavy atom. The minimum atomic E-state index is -0.720. The molecule has 1 saturated carbocycles. The largest absolute Gasteiger partial charge is 0.409 e. The molecule has 1 aromatic rings. The Bertz CT molecular complexity index is 496. The van der Waals surface area contributed by atoms with Gasteiger partial charge in [0.25, 0.3) is 0 Å². The quantitative estimate of drug-likeness (QED) is 0.377. The summed E-state index contributed by atoms with van der Waals surface area (Å²) in [5.41, 5.74) is 6.49. The molecule has 114 valence electrons. The number of carbonyl (C=O) groups is 1. The number of hydrogen-bond acceptors (Lipinski definition) is 3. The summed E-state index contributed by atoms with van der Waals surface area (Å²) in [4.78, 5) is 14.4. The Labute approximate surface area is 125 Å². The number of amides is 1. The molecule has 0 radical (unpaired) electrons. The van der Waals surface area contributed by atoms with E-state index in [9.17, 15) is 4.79 Å². The van der Waals surface area contributed by atoms with E-state index in [-0.39, 0.29) is 11.7 Å². The van der Waals surface area contributed by atoms with Crippen molar-refractivity contribution in [2.75, 3.05) is 13.6 Å². The third-order valence-electron chi connectivity index (χ3n) is 4.17. The van der Waals surface area contributed by atoms with E-state index in [4.69, 9.17) is 10.9 Å². The smallest absolute Gasteiger partial charge is 0.237 e. The molecule has 1 aromatic carbocycles. The number of hydrogen-bond donors (Lipinski definition) is 2. The van der Waals surface area contributed by atoms with E-state index in [0.29, 0.717) is 5.92 Å². The van der Waals surface area contributed by atoms with Gasteiger partial charge in [-0.15, -0.1) is 0 Å². The molecule has 0 aliphatic heterocycles. The predicted octanol–water partition coefficient (Wildman–Crippen LogP) is 2.17. The minimum Gasteiger partial charge on any atom is -0.409 e. The van der Waals surface area contributed by atoms with Gasteiger partial charge in [0.1, 0.15) is 5.92 Å². The minimum absolute atomic E-state index is 0.0653. The molecule has 5 heteroatoms. The van der Waals surface area contributed by atoms with Gasteiger partial charge in [0.15, 0.2) is 5.84 Å². The Morgan fingerprint density at radius 1 is 1.38 bits per heavy atom. The van der Waals surface area contributed by atoms with Crippen LogP contribution >= 0.6 is 0 Å². The van der Waals surface area contributed by atoms with Crippen molar-refractivity contribution < 1.29 is 10.0 Å². The summed E-state index contributed by atoms with van der Waals surface area (Å²) in [5, 5.41) is 12.0. The van der Waals surface area contributed by atoms with Crippen molar-refractivity contribution in [1.82, 2.24) is 4.90 Å². The molecular formula is C16H23N3O2. The van der Waals surface area contributed by atoms with Crippen LogP contribution in [0.25, 0.3) is 0 Å². The zero-order valence-corrected chi connectivity index (χ0v) is 12.4. The van der Waals surface area contributed by atoms with Crippen molar-refractivity contribution in [3.63, 3.8) is 0 Å². The lowest BCUT2D eigenvalue weighted by Gasteiger charge is -2.25. The molecule has 1 amide bonds. The fourth-order valence-electron chi connectivity index (χ4n) is 3.03. The second-order valence-corrected chi connectivity index (χ2v) is 5.74. The average Bonchev–Trinajstić information content (AvgIpc) is 3.01. The molecule has 5 nitrogen and oxygen atoms in total. The molecular weight excluding hydrogens is 266 g/mol. The van der Waals surface area contributed by atoms with Crippen LogP contribution in [0.2, 0.25) is 0 Å². The fraction of sp³-hybridized carbons (Fsp3) is 0.500. The maximum Gasteiger partial charge on any atom is 0.237 e. The van der Waals surface area contributed by atoms with Gasteiger partial charge >= 0.3 is 0 Å². The van der Waals surface area contributed by atoms with Crippen molar-refractivity contribution in [3.05, 3.63) is 35.9 Å². The van der Waals surface area contributed by atoms with Gasteiger partial charge in [-0.05, 0) is 24.3 Å². The number of rotatable bonds is 5. The molecule has 0 aromatic heterocycles. The number of likely N-dealkylation sites (N-methyl/N-ethyl adjacent to an activating group) is 1. The summed E-state index contributed by atoms with van der Waals surface area (Å²) in [6.45, 7) is 0.737. The Balaban J connectivity index is 2.14. The van der Waals surface area contributed by atoms with E-state index in [1.165, 1.54) is 25.7 Å². The van der Waals surface area contributed by atoms with Gasteiger partial charge in [-0.25, -0.2) is 0 Å². The SMILES string of the molecule is CN(CC1CCCC1)C(=O)C(C(N)=NO)c1ccccc1. The highest BCUT2D eigenvalue weighted by molar-refractivity contribution is 6.07. The second-order valence-electron chi connectivity index (χ2n) is 5.74. The van der Waals surface area contributed by atoms with E-state index in [2.05, 4.69) is 5.16 Å². The number of nitrogens with two attached hydrogens (primary N) is 1. The molecule has 1 atom stereocenters. The number of amidine groups is 1. The number of oxime groups is 1. The maximum atomic E-state index is 12.7. The van der Waals surface area contributed by atoms with Crippen molar-refractivity contribution in [3.8, 4) is 0 Å². The molecule has 1 aliphatic carbocycles. The normalized spacial score (nSPS) is 17.7. The number of nitrogens with zero attached hydrogens (tertiary/aromatic N) is 2. The summed E-state index contributed by atoms with van der Waals surface area (Å²) in [5.74, 6) is -0.335. The first-order valence-electron chi connectivity index (χ1n) is 7.40. The fourth-order valence-corrected chi connectivity index (χ4v) is 3.03. The van der Waals surface area contributed by atoms with Crippen LogP contribution < -0.4 is 5.73 Å². The van der Waals surface area contributed by atoms with E-state index in [1.807, 2.05) is 30.3 Å². The summed E-state index contributed by atoms with van der Waals surface area (Å²) in [7, 11) is 1.79. The second kappa shape index (κ2) is 7.11. The van der Waals surface area contributed by atoms with E-state index in [1.54, 1.807) is 11.9 Å². The van der Waals surface area contributed by atoms with Crippen molar-refractivity contribution in [1.29, 1.82) is 0 Å². The highest BCUT2D eigenvalue weighted by atomic mass is 16.4. The molecule has 1 unspecified atom stereocenters. The van der Waals surface area contributed by atoms with Crippen molar-refractivity contribution in [2.24, 2.45) is 16.8 Å². The Morgan fingerprint density at radius 2 is 2.00 bits per heavy atom. The van der Waals surface area contributed by atoms with Gasteiger partial charge < -0.3 is 15.8 Å². The van der Waals surface area contributed by atoms with Gasteiger partial charge in [0.05, 0.1) is 0 Å². The van der Waals surface area contributed by atoms with Gasteiger partial charge in [-0.2, -0.15) is 0 Å². The highest BCUT2D eigenvalue weighted by Crippen LogP contribution is 2.26. The highest BCUT2D eigenvalue weighted by Gasteiger charge is 2.29. The molecule has 0 bridgehead atoms. The standard InChI is InChI=1S/C16H23N3O2/c1-19(11-12-7-5-6-8-12)16(20)14(15(17)18-21)13-9-3-2-4-10-13/h2-4,9-10,12,14,21H,5-8,11H2,1H3,(H2,17,18). The first kappa shape index (κ1) is 15.4. The van der Waals surface area contributed by atoms with Crippen molar-refractivity contribution >= 4 is 11.7 Å². The summed E-state index contributed by atoms with van der Waals surface area (Å²) in [6.07, 6.45) is 4.85. The van der Waals surface area contributed by atoms with Gasteiger partial charge in [0.2, 0.25) is 5.91 Å². The van der Waals surface area contributed by atoms with Crippen LogP contribution in [-0.2, 0) is 4.79 Å². The molecule has 2 rings (SSSR count). The van der Waals surface area contributed by atoms with Crippen LogP contribution in [0.1, 0.15) is 37.2 Å². The van der Waals surface area contributed by atoms with Crippen LogP contribution in [0.15, 0.2) is 35.5 Å². The van der Waals surface area contributed by atoms with E-state index in [0.717, 1.165) is 12.1 Å². The zero-order chi connectivity index (χ0) is 15.2. The van der Waals surface area contributed by atoms with E-state index >= 15 is 0 Å². The monoisotopic (exact) mass is 289 g/mol. The number of carbonyl (C=O) groups excluding carboxylic acids is 1. The molecule has 0 heterocycles. The molecule has 21 heavy (non-hydrogen) atoms. The predicted molar refractivity (Wildman–Crippen MR) is 82.2 cm³/mol. The lowest BCUT2D eigenvalue weighted by molar-refractivity contribution is -0.130. The molecule has 0 spiro atoms. The number of benzene rings is 1. The topological polar surface area (TPSA) is 78.9 Å².